The molecule has 1 aliphatic heterocycles. The monoisotopic (exact) mass is 397 g/mol. The molecule has 4 rings (SSSR count). The van der Waals surface area contributed by atoms with Gasteiger partial charge in [0.05, 0.1) is 11.4 Å². The number of nitrogens with one attached hydrogen (secondary N) is 1. The molecule has 8 heteroatoms. The van der Waals surface area contributed by atoms with Crippen LogP contribution in [-0.2, 0) is 13.6 Å². The Morgan fingerprint density at radius 1 is 1.24 bits per heavy atom. The molecule has 1 atom stereocenters. The number of hydrogen-bond donors (Lipinski definition) is 1. The zero-order chi connectivity index (χ0) is 20.7. The molecule has 2 aliphatic rings. The highest BCUT2D eigenvalue weighted by Gasteiger charge is 2.28. The van der Waals surface area contributed by atoms with Crippen molar-refractivity contribution < 1.29 is 4.79 Å². The van der Waals surface area contributed by atoms with Crippen LogP contribution in [0.5, 0.6) is 0 Å². The van der Waals surface area contributed by atoms with Crippen molar-refractivity contribution in [3.05, 3.63) is 34.5 Å². The molecule has 0 unspecified atom stereocenters. The van der Waals surface area contributed by atoms with Crippen molar-refractivity contribution in [2.45, 2.75) is 51.6 Å². The molecule has 8 nitrogen and oxygen atoms in total. The van der Waals surface area contributed by atoms with E-state index in [1.807, 2.05) is 25.6 Å². The quantitative estimate of drug-likeness (QED) is 0.800. The summed E-state index contributed by atoms with van der Waals surface area (Å²) in [5.41, 5.74) is 4.38. The van der Waals surface area contributed by atoms with Gasteiger partial charge in [0.1, 0.15) is 5.82 Å². The van der Waals surface area contributed by atoms with E-state index in [4.69, 9.17) is 0 Å². The van der Waals surface area contributed by atoms with Crippen molar-refractivity contribution in [3.8, 4) is 0 Å². The van der Waals surface area contributed by atoms with E-state index < -0.39 is 0 Å². The fourth-order valence-corrected chi connectivity index (χ4v) is 3.86. The van der Waals surface area contributed by atoms with E-state index in [1.165, 1.54) is 29.1 Å². The van der Waals surface area contributed by atoms with Crippen molar-refractivity contribution in [3.63, 3.8) is 0 Å². The van der Waals surface area contributed by atoms with Crippen LogP contribution in [0.1, 0.15) is 58.4 Å². The molecule has 2 fully saturated rings. The predicted octanol–water partition coefficient (Wildman–Crippen LogP) is 1.77. The maximum atomic E-state index is 12.3. The minimum atomic E-state index is -0.161. The summed E-state index contributed by atoms with van der Waals surface area (Å²) in [4.78, 5) is 25.1. The van der Waals surface area contributed by atoms with Crippen molar-refractivity contribution in [1.82, 2.24) is 30.0 Å². The third kappa shape index (κ3) is 4.12. The van der Waals surface area contributed by atoms with Crippen molar-refractivity contribution in [1.29, 1.82) is 0 Å². The Hall–Kier alpha value is -2.48. The van der Waals surface area contributed by atoms with Gasteiger partial charge >= 0.3 is 0 Å². The summed E-state index contributed by atoms with van der Waals surface area (Å²) < 4.78 is 2.00. The average molecular weight is 398 g/mol. The molecule has 1 aliphatic carbocycles. The van der Waals surface area contributed by atoms with Crippen LogP contribution >= 0.6 is 0 Å². The fraction of sp³-hybridized carbons (Fsp3) is 0.619. The highest BCUT2D eigenvalue weighted by atomic mass is 16.2. The topological polar surface area (TPSA) is 79.2 Å². The Morgan fingerprint density at radius 3 is 2.69 bits per heavy atom. The number of nitrogens with zero attached hydrogens (tertiary/aromatic N) is 6. The molecule has 3 heterocycles. The zero-order valence-corrected chi connectivity index (χ0v) is 18.1. The summed E-state index contributed by atoms with van der Waals surface area (Å²) in [7, 11) is 5.48. The molecule has 0 aromatic carbocycles. The van der Waals surface area contributed by atoms with E-state index in [1.54, 1.807) is 14.1 Å². The smallest absolute Gasteiger partial charge is 0.291 e. The van der Waals surface area contributed by atoms with Crippen molar-refractivity contribution in [2.75, 3.05) is 32.1 Å². The van der Waals surface area contributed by atoms with Crippen LogP contribution in [0, 0.1) is 13.8 Å². The van der Waals surface area contributed by atoms with Gasteiger partial charge in [-0.25, -0.2) is 9.97 Å². The lowest BCUT2D eigenvalue weighted by Gasteiger charge is -2.22. The second-order valence-corrected chi connectivity index (χ2v) is 8.55. The summed E-state index contributed by atoms with van der Waals surface area (Å²) in [5.74, 6) is 1.67. The van der Waals surface area contributed by atoms with Gasteiger partial charge in [-0.2, -0.15) is 5.10 Å². The Kier molecular flexibility index (Phi) is 5.29. The van der Waals surface area contributed by atoms with Crippen LogP contribution in [0.25, 0.3) is 0 Å². The standard InChI is InChI=1S/C21H31N7O/c1-13-14(2)23-19(21(29)26(3)4)24-20(13)28-9-8-16(12-28)22-11-17-10-18(15-6-7-15)25-27(17)5/h10,15-16,22H,6-9,11-12H2,1-5H3/t16-/m1/s1. The first-order valence-corrected chi connectivity index (χ1v) is 10.4. The molecular formula is C21H31N7O. The summed E-state index contributed by atoms with van der Waals surface area (Å²) in [6.07, 6.45) is 3.60. The van der Waals surface area contributed by atoms with Crippen LogP contribution in [0.4, 0.5) is 5.82 Å². The third-order valence-corrected chi connectivity index (χ3v) is 6.01. The minimum absolute atomic E-state index is 0.161. The number of aromatic nitrogens is 4. The normalized spacial score (nSPS) is 19.1. The highest BCUT2D eigenvalue weighted by Crippen LogP contribution is 2.39. The number of hydrogen-bond acceptors (Lipinski definition) is 6. The summed E-state index contributed by atoms with van der Waals surface area (Å²) >= 11 is 0. The first-order valence-electron chi connectivity index (χ1n) is 10.4. The van der Waals surface area contributed by atoms with Crippen LogP contribution in [-0.4, -0.2) is 63.8 Å². The molecule has 1 saturated heterocycles. The molecule has 2 aromatic rings. The Labute approximate surface area is 172 Å². The molecular weight excluding hydrogens is 366 g/mol. The number of aryl methyl sites for hydroxylation is 2. The second kappa shape index (κ2) is 7.74. The molecule has 156 valence electrons. The Bertz CT molecular complexity index is 916. The first-order chi connectivity index (χ1) is 13.8. The highest BCUT2D eigenvalue weighted by molar-refractivity contribution is 5.90. The molecule has 1 saturated carbocycles. The molecule has 0 spiro atoms. The first kappa shape index (κ1) is 19.8. The predicted molar refractivity (Wildman–Crippen MR) is 112 cm³/mol. The van der Waals surface area contributed by atoms with E-state index in [0.29, 0.717) is 12.0 Å². The van der Waals surface area contributed by atoms with Crippen LogP contribution in [0.15, 0.2) is 6.07 Å². The number of carbonyl (C=O) groups is 1. The number of rotatable bonds is 6. The average Bonchev–Trinajstić information content (AvgIpc) is 3.32. The minimum Gasteiger partial charge on any atom is -0.355 e. The van der Waals surface area contributed by atoms with Gasteiger partial charge in [-0.3, -0.25) is 9.48 Å². The van der Waals surface area contributed by atoms with Gasteiger partial charge in [-0.05, 0) is 39.2 Å². The van der Waals surface area contributed by atoms with Gasteiger partial charge < -0.3 is 15.1 Å². The second-order valence-electron chi connectivity index (χ2n) is 8.55. The third-order valence-electron chi connectivity index (χ3n) is 6.01. The van der Waals surface area contributed by atoms with Gasteiger partial charge in [-0.1, -0.05) is 0 Å². The van der Waals surface area contributed by atoms with E-state index in [9.17, 15) is 4.79 Å². The molecule has 0 bridgehead atoms. The van der Waals surface area contributed by atoms with Gasteiger partial charge in [0, 0.05) is 64.0 Å². The van der Waals surface area contributed by atoms with Gasteiger partial charge in [0.25, 0.3) is 5.91 Å². The van der Waals surface area contributed by atoms with E-state index in [0.717, 1.165) is 43.1 Å². The van der Waals surface area contributed by atoms with Crippen molar-refractivity contribution >= 4 is 11.7 Å². The fourth-order valence-electron chi connectivity index (χ4n) is 3.86. The Balaban J connectivity index is 1.42. The summed E-state index contributed by atoms with van der Waals surface area (Å²) in [6, 6.07) is 2.63. The number of carbonyl (C=O) groups excluding carboxylic acids is 1. The Morgan fingerprint density at radius 2 is 2.00 bits per heavy atom. The number of anilines is 1. The molecule has 0 radical (unpaired) electrons. The molecule has 29 heavy (non-hydrogen) atoms. The number of amides is 1. The maximum absolute atomic E-state index is 12.3. The summed E-state index contributed by atoms with van der Waals surface area (Å²) in [5, 5.41) is 8.34. The van der Waals surface area contributed by atoms with Gasteiger partial charge in [0.15, 0.2) is 0 Å². The van der Waals surface area contributed by atoms with Crippen LogP contribution in [0.3, 0.4) is 0 Å². The summed E-state index contributed by atoms with van der Waals surface area (Å²) in [6.45, 7) is 6.59. The zero-order valence-electron chi connectivity index (χ0n) is 18.1. The molecule has 1 amide bonds. The molecule has 1 N–H and O–H groups in total. The van der Waals surface area contributed by atoms with Crippen LogP contribution in [0.2, 0.25) is 0 Å². The maximum Gasteiger partial charge on any atom is 0.291 e. The van der Waals surface area contributed by atoms with E-state index >= 15 is 0 Å². The largest absolute Gasteiger partial charge is 0.355 e. The van der Waals surface area contributed by atoms with Crippen LogP contribution < -0.4 is 10.2 Å². The lowest BCUT2D eigenvalue weighted by Crippen LogP contribution is -2.33. The molecule has 2 aromatic heterocycles. The lowest BCUT2D eigenvalue weighted by atomic mass is 10.2. The van der Waals surface area contributed by atoms with Crippen molar-refractivity contribution in [2.24, 2.45) is 7.05 Å². The van der Waals surface area contributed by atoms with Gasteiger partial charge in [-0.15, -0.1) is 0 Å². The lowest BCUT2D eigenvalue weighted by molar-refractivity contribution is 0.0815. The SMILES string of the molecule is Cc1nc(C(=O)N(C)C)nc(N2CC[C@@H](NCc3cc(C4CC4)nn3C)C2)c1C. The van der Waals surface area contributed by atoms with E-state index in [-0.39, 0.29) is 11.7 Å². The van der Waals surface area contributed by atoms with E-state index in [2.05, 4.69) is 31.3 Å². The van der Waals surface area contributed by atoms with Gasteiger partial charge in [0.2, 0.25) is 5.82 Å².